The Kier molecular flexibility index (Phi) is 5.24. The second kappa shape index (κ2) is 7.75. The second-order valence-electron chi connectivity index (χ2n) is 6.43. The summed E-state index contributed by atoms with van der Waals surface area (Å²) in [6.45, 7) is 4.33. The second-order valence-corrected chi connectivity index (χ2v) is 6.43. The molecule has 0 radical (unpaired) electrons. The Morgan fingerprint density at radius 2 is 1.72 bits per heavy atom. The zero-order valence-corrected chi connectivity index (χ0v) is 14.6. The van der Waals surface area contributed by atoms with Crippen molar-refractivity contribution < 1.29 is 4.79 Å². The highest BCUT2D eigenvalue weighted by Gasteiger charge is 2.05. The van der Waals surface area contributed by atoms with Gasteiger partial charge in [-0.1, -0.05) is 80.6 Å². The highest BCUT2D eigenvalue weighted by atomic mass is 16.2. The standard InChI is InChI=1S/C22H22N2O/c1-16(2)18-12-10-17(11-13-18)15-23-24-22(25)14-20-8-5-7-19-6-3-4-9-21(19)20/h3-13,15-16H,14H2,1-2H3,(H,24,25)/b23-15+. The fourth-order valence-electron chi connectivity index (χ4n) is 2.80. The van der Waals surface area contributed by atoms with Gasteiger partial charge in [-0.15, -0.1) is 0 Å². The van der Waals surface area contributed by atoms with Gasteiger partial charge in [0, 0.05) is 0 Å². The molecule has 25 heavy (non-hydrogen) atoms. The molecule has 1 amide bonds. The number of carbonyl (C=O) groups excluding carboxylic acids is 1. The summed E-state index contributed by atoms with van der Waals surface area (Å²) >= 11 is 0. The Hall–Kier alpha value is -2.94. The molecule has 0 fully saturated rings. The van der Waals surface area contributed by atoms with E-state index in [4.69, 9.17) is 0 Å². The number of hydrazone groups is 1. The Balaban J connectivity index is 1.62. The van der Waals surface area contributed by atoms with Crippen molar-refractivity contribution in [1.82, 2.24) is 5.43 Å². The van der Waals surface area contributed by atoms with E-state index in [-0.39, 0.29) is 5.91 Å². The predicted molar refractivity (Wildman–Crippen MR) is 104 cm³/mol. The van der Waals surface area contributed by atoms with Crippen LogP contribution in [0.3, 0.4) is 0 Å². The summed E-state index contributed by atoms with van der Waals surface area (Å²) in [5.41, 5.74) is 5.88. The molecular formula is C22H22N2O. The molecule has 0 aliphatic carbocycles. The molecule has 1 N–H and O–H groups in total. The Labute approximate surface area is 148 Å². The van der Waals surface area contributed by atoms with Gasteiger partial charge < -0.3 is 0 Å². The summed E-state index contributed by atoms with van der Waals surface area (Å²) in [6, 6.07) is 22.3. The van der Waals surface area contributed by atoms with E-state index in [2.05, 4.69) is 48.6 Å². The van der Waals surface area contributed by atoms with E-state index in [1.54, 1.807) is 6.21 Å². The van der Waals surface area contributed by atoms with Gasteiger partial charge in [-0.25, -0.2) is 5.43 Å². The van der Waals surface area contributed by atoms with Crippen LogP contribution in [0.5, 0.6) is 0 Å². The molecule has 126 valence electrons. The van der Waals surface area contributed by atoms with Gasteiger partial charge in [-0.3, -0.25) is 4.79 Å². The van der Waals surface area contributed by atoms with Crippen molar-refractivity contribution in [2.24, 2.45) is 5.10 Å². The van der Waals surface area contributed by atoms with E-state index in [1.165, 1.54) is 5.56 Å². The van der Waals surface area contributed by atoms with Crippen molar-refractivity contribution in [3.63, 3.8) is 0 Å². The first-order valence-electron chi connectivity index (χ1n) is 8.52. The lowest BCUT2D eigenvalue weighted by Gasteiger charge is -2.06. The maximum Gasteiger partial charge on any atom is 0.244 e. The third-order valence-corrected chi connectivity index (χ3v) is 4.24. The summed E-state index contributed by atoms with van der Waals surface area (Å²) in [7, 11) is 0. The van der Waals surface area contributed by atoms with E-state index in [0.29, 0.717) is 12.3 Å². The van der Waals surface area contributed by atoms with Gasteiger partial charge >= 0.3 is 0 Å². The molecule has 0 saturated heterocycles. The van der Waals surface area contributed by atoms with Crippen LogP contribution in [0.2, 0.25) is 0 Å². The minimum atomic E-state index is -0.119. The number of nitrogens with one attached hydrogen (secondary N) is 1. The van der Waals surface area contributed by atoms with E-state index < -0.39 is 0 Å². The SMILES string of the molecule is CC(C)c1ccc(/C=N/NC(=O)Cc2cccc3ccccc23)cc1. The number of hydrogen-bond acceptors (Lipinski definition) is 2. The average Bonchev–Trinajstić information content (AvgIpc) is 2.62. The minimum Gasteiger partial charge on any atom is -0.273 e. The number of nitrogens with zero attached hydrogens (tertiary/aromatic N) is 1. The van der Waals surface area contributed by atoms with Crippen LogP contribution < -0.4 is 5.43 Å². The third kappa shape index (κ3) is 4.32. The predicted octanol–water partition coefficient (Wildman–Crippen LogP) is 4.66. The summed E-state index contributed by atoms with van der Waals surface area (Å²) in [4.78, 5) is 12.2. The van der Waals surface area contributed by atoms with Crippen LogP contribution in [0.4, 0.5) is 0 Å². The molecule has 0 aromatic heterocycles. The van der Waals surface area contributed by atoms with Crippen LogP contribution in [0, 0.1) is 0 Å². The van der Waals surface area contributed by atoms with Crippen molar-refractivity contribution in [2.75, 3.05) is 0 Å². The summed E-state index contributed by atoms with van der Waals surface area (Å²) in [6.07, 6.45) is 1.98. The smallest absolute Gasteiger partial charge is 0.244 e. The molecule has 0 aliphatic rings. The first-order chi connectivity index (χ1) is 12.1. The molecule has 0 heterocycles. The van der Waals surface area contributed by atoms with Crippen molar-refractivity contribution in [1.29, 1.82) is 0 Å². The normalized spacial score (nSPS) is 11.3. The summed E-state index contributed by atoms with van der Waals surface area (Å²) in [5, 5.41) is 6.31. The minimum absolute atomic E-state index is 0.119. The Morgan fingerprint density at radius 1 is 1.00 bits per heavy atom. The van der Waals surface area contributed by atoms with Crippen molar-refractivity contribution in [3.05, 3.63) is 83.4 Å². The van der Waals surface area contributed by atoms with E-state index in [1.807, 2.05) is 42.5 Å². The molecular weight excluding hydrogens is 308 g/mol. The number of carbonyl (C=O) groups is 1. The van der Waals surface area contributed by atoms with Gasteiger partial charge in [-0.2, -0.15) is 5.10 Å². The van der Waals surface area contributed by atoms with Crippen LogP contribution in [0.15, 0.2) is 71.8 Å². The van der Waals surface area contributed by atoms with Gasteiger partial charge in [0.1, 0.15) is 0 Å². The van der Waals surface area contributed by atoms with E-state index in [9.17, 15) is 4.79 Å². The fraction of sp³-hybridized carbons (Fsp3) is 0.182. The van der Waals surface area contributed by atoms with Crippen molar-refractivity contribution in [2.45, 2.75) is 26.2 Å². The van der Waals surface area contributed by atoms with Crippen LogP contribution in [-0.4, -0.2) is 12.1 Å². The number of amides is 1. The molecule has 3 rings (SSSR count). The Morgan fingerprint density at radius 3 is 2.48 bits per heavy atom. The quantitative estimate of drug-likeness (QED) is 0.537. The lowest BCUT2D eigenvalue weighted by Crippen LogP contribution is -2.19. The molecule has 0 aliphatic heterocycles. The van der Waals surface area contributed by atoms with Gasteiger partial charge in [0.25, 0.3) is 0 Å². The van der Waals surface area contributed by atoms with Crippen LogP contribution in [-0.2, 0) is 11.2 Å². The van der Waals surface area contributed by atoms with Crippen molar-refractivity contribution in [3.8, 4) is 0 Å². The van der Waals surface area contributed by atoms with E-state index >= 15 is 0 Å². The summed E-state index contributed by atoms with van der Waals surface area (Å²) in [5.74, 6) is 0.387. The highest BCUT2D eigenvalue weighted by Crippen LogP contribution is 2.18. The molecule has 0 bridgehead atoms. The first kappa shape index (κ1) is 16.9. The molecule has 0 atom stereocenters. The zero-order chi connectivity index (χ0) is 17.6. The molecule has 3 heteroatoms. The van der Waals surface area contributed by atoms with Gasteiger partial charge in [-0.05, 0) is 33.4 Å². The monoisotopic (exact) mass is 330 g/mol. The maximum atomic E-state index is 12.2. The van der Waals surface area contributed by atoms with Crippen LogP contribution in [0.1, 0.15) is 36.5 Å². The molecule has 0 saturated carbocycles. The van der Waals surface area contributed by atoms with Crippen molar-refractivity contribution >= 4 is 22.9 Å². The maximum absolute atomic E-state index is 12.2. The van der Waals surface area contributed by atoms with Gasteiger partial charge in [0.2, 0.25) is 5.91 Å². The first-order valence-corrected chi connectivity index (χ1v) is 8.52. The third-order valence-electron chi connectivity index (χ3n) is 4.24. The van der Waals surface area contributed by atoms with E-state index in [0.717, 1.165) is 21.9 Å². The molecule has 0 unspecified atom stereocenters. The molecule has 0 spiro atoms. The number of fused-ring (bicyclic) bond motifs is 1. The fourth-order valence-corrected chi connectivity index (χ4v) is 2.80. The topological polar surface area (TPSA) is 41.5 Å². The summed E-state index contributed by atoms with van der Waals surface area (Å²) < 4.78 is 0. The lowest BCUT2D eigenvalue weighted by atomic mass is 10.0. The highest BCUT2D eigenvalue weighted by molar-refractivity contribution is 5.90. The molecule has 3 aromatic carbocycles. The lowest BCUT2D eigenvalue weighted by molar-refractivity contribution is -0.120. The number of rotatable bonds is 5. The Bertz CT molecular complexity index is 890. The van der Waals surface area contributed by atoms with Gasteiger partial charge in [0.05, 0.1) is 12.6 Å². The number of benzene rings is 3. The molecule has 3 aromatic rings. The van der Waals surface area contributed by atoms with Gasteiger partial charge in [0.15, 0.2) is 0 Å². The van der Waals surface area contributed by atoms with Crippen LogP contribution in [0.25, 0.3) is 10.8 Å². The largest absolute Gasteiger partial charge is 0.273 e. The molecule has 3 nitrogen and oxygen atoms in total. The number of hydrogen-bond donors (Lipinski definition) is 1. The zero-order valence-electron chi connectivity index (χ0n) is 14.6. The van der Waals surface area contributed by atoms with Crippen LogP contribution >= 0.6 is 0 Å². The average molecular weight is 330 g/mol.